The number of benzene rings is 2. The molecular weight excluding hydrogens is 438 g/mol. The Morgan fingerprint density at radius 3 is 2.56 bits per heavy atom. The van der Waals surface area contributed by atoms with Crippen molar-refractivity contribution in [3.63, 3.8) is 0 Å². The third-order valence-corrected chi connectivity index (χ3v) is 6.18. The van der Waals surface area contributed by atoms with Gasteiger partial charge in [0.1, 0.15) is 28.6 Å². The molecule has 1 N–H and O–H groups in total. The van der Waals surface area contributed by atoms with Crippen LogP contribution in [0.4, 0.5) is 14.6 Å². The van der Waals surface area contributed by atoms with Crippen LogP contribution in [0, 0.1) is 24.0 Å². The molecule has 0 bridgehead atoms. The summed E-state index contributed by atoms with van der Waals surface area (Å²) in [5, 5.41) is 11.5. The van der Waals surface area contributed by atoms with E-state index in [0.717, 1.165) is 38.8 Å². The van der Waals surface area contributed by atoms with E-state index >= 15 is 4.39 Å². The van der Waals surface area contributed by atoms with E-state index in [1.807, 2.05) is 0 Å². The number of phenolic OH excluding ortho intramolecular Hbond substituents is 1. The summed E-state index contributed by atoms with van der Waals surface area (Å²) in [5.41, 5.74) is 0.0828. The first-order valence-electron chi connectivity index (χ1n) is 11.1. The average molecular weight is 460 g/mol. The van der Waals surface area contributed by atoms with Gasteiger partial charge >= 0.3 is 6.01 Å². The predicted molar refractivity (Wildman–Crippen MR) is 127 cm³/mol. The van der Waals surface area contributed by atoms with Gasteiger partial charge in [-0.05, 0) is 36.4 Å². The maximum atomic E-state index is 16.0. The van der Waals surface area contributed by atoms with Crippen LogP contribution in [0.25, 0.3) is 32.9 Å². The first-order chi connectivity index (χ1) is 16.5. The van der Waals surface area contributed by atoms with Gasteiger partial charge in [0.05, 0.1) is 18.1 Å². The molecule has 0 atom stereocenters. The van der Waals surface area contributed by atoms with Crippen molar-refractivity contribution in [1.82, 2.24) is 15.0 Å². The number of terminal acetylenes is 1. The van der Waals surface area contributed by atoms with Crippen molar-refractivity contribution in [1.29, 1.82) is 0 Å². The second kappa shape index (κ2) is 8.75. The quantitative estimate of drug-likeness (QED) is 0.424. The lowest BCUT2D eigenvalue weighted by molar-refractivity contribution is 0.381. The Balaban J connectivity index is 1.79. The molecule has 172 valence electrons. The largest absolute Gasteiger partial charge is 0.508 e. The Bertz CT molecular complexity index is 1460. The number of aromatic hydroxyl groups is 1. The van der Waals surface area contributed by atoms with Crippen molar-refractivity contribution in [2.24, 2.45) is 0 Å². The van der Waals surface area contributed by atoms with Gasteiger partial charge in [-0.1, -0.05) is 24.8 Å². The predicted octanol–water partition coefficient (Wildman–Crippen LogP) is 5.20. The van der Waals surface area contributed by atoms with E-state index in [1.165, 1.54) is 37.6 Å². The first kappa shape index (κ1) is 21.8. The number of rotatable bonds is 3. The van der Waals surface area contributed by atoms with Gasteiger partial charge in [-0.25, -0.2) is 8.78 Å². The molecule has 0 saturated carbocycles. The van der Waals surface area contributed by atoms with Gasteiger partial charge < -0.3 is 14.7 Å². The minimum atomic E-state index is -0.728. The zero-order valence-corrected chi connectivity index (χ0v) is 18.6. The van der Waals surface area contributed by atoms with Crippen LogP contribution in [-0.4, -0.2) is 40.3 Å². The molecule has 6 nitrogen and oxygen atoms in total. The molecule has 0 amide bonds. The van der Waals surface area contributed by atoms with Crippen molar-refractivity contribution < 1.29 is 18.6 Å². The molecule has 5 rings (SSSR count). The lowest BCUT2D eigenvalue weighted by atomic mass is 9.96. The topological polar surface area (TPSA) is 71.4 Å². The van der Waals surface area contributed by atoms with E-state index in [-0.39, 0.29) is 34.1 Å². The van der Waals surface area contributed by atoms with Crippen LogP contribution in [0.2, 0.25) is 0 Å². The Hall–Kier alpha value is -3.99. The van der Waals surface area contributed by atoms with Crippen molar-refractivity contribution in [3.05, 3.63) is 47.7 Å². The highest BCUT2D eigenvalue weighted by Gasteiger charge is 2.23. The lowest BCUT2D eigenvalue weighted by Gasteiger charge is -2.23. The Kier molecular flexibility index (Phi) is 5.62. The second-order valence-corrected chi connectivity index (χ2v) is 8.28. The van der Waals surface area contributed by atoms with E-state index in [0.29, 0.717) is 22.0 Å². The summed E-state index contributed by atoms with van der Waals surface area (Å²) in [6.45, 7) is 1.58. The summed E-state index contributed by atoms with van der Waals surface area (Å²) in [6, 6.07) is 5.51. The number of nitrogens with zero attached hydrogens (tertiary/aromatic N) is 4. The zero-order valence-electron chi connectivity index (χ0n) is 18.6. The second-order valence-electron chi connectivity index (χ2n) is 8.28. The van der Waals surface area contributed by atoms with Crippen LogP contribution in [0.15, 0.2) is 30.5 Å². The van der Waals surface area contributed by atoms with Gasteiger partial charge in [0.25, 0.3) is 0 Å². The lowest BCUT2D eigenvalue weighted by Crippen LogP contribution is -2.25. The maximum Gasteiger partial charge on any atom is 0.318 e. The molecule has 1 aliphatic heterocycles. The molecule has 2 aromatic heterocycles. The number of aromatic nitrogens is 3. The Morgan fingerprint density at radius 1 is 1.09 bits per heavy atom. The monoisotopic (exact) mass is 460 g/mol. The van der Waals surface area contributed by atoms with Gasteiger partial charge in [0, 0.05) is 30.2 Å². The SMILES string of the molecule is C#Cc1c(F)ccc2cc(O)cc(-c3ncc4c(N5CCCCCC5)nc(OC)nc4c3F)c12. The van der Waals surface area contributed by atoms with Crippen LogP contribution in [0.5, 0.6) is 11.8 Å². The molecule has 34 heavy (non-hydrogen) atoms. The fraction of sp³-hybridized carbons (Fsp3) is 0.269. The number of methoxy groups -OCH3 is 1. The third kappa shape index (κ3) is 3.63. The molecule has 3 heterocycles. The summed E-state index contributed by atoms with van der Waals surface area (Å²) in [5.74, 6) is 1.44. The number of anilines is 1. The molecule has 1 saturated heterocycles. The number of hydrogen-bond donors (Lipinski definition) is 1. The van der Waals surface area contributed by atoms with Crippen molar-refractivity contribution >= 4 is 27.5 Å². The molecular formula is C26H22F2N4O2. The molecule has 1 fully saturated rings. The summed E-state index contributed by atoms with van der Waals surface area (Å²) in [7, 11) is 1.43. The fourth-order valence-electron chi connectivity index (χ4n) is 4.58. The Labute approximate surface area is 195 Å². The number of halogens is 2. The molecule has 0 aliphatic carbocycles. The standard InChI is InChI=1S/C26H22F2N4O2/c1-3-17-20(27)9-8-15-12-16(33)13-18(21(15)17)23-22(28)24-19(14-29-23)25(31-26(30-24)34-2)32-10-6-4-5-7-11-32/h1,8-9,12-14,33H,4-7,10-11H2,2H3. The van der Waals surface area contributed by atoms with Gasteiger partial charge in [0.15, 0.2) is 5.82 Å². The van der Waals surface area contributed by atoms with Crippen molar-refractivity contribution in [2.45, 2.75) is 25.7 Å². The van der Waals surface area contributed by atoms with E-state index in [4.69, 9.17) is 11.2 Å². The molecule has 4 aromatic rings. The highest BCUT2D eigenvalue weighted by molar-refractivity contribution is 6.03. The summed E-state index contributed by atoms with van der Waals surface area (Å²) < 4.78 is 35.8. The van der Waals surface area contributed by atoms with Crippen LogP contribution in [0.1, 0.15) is 31.2 Å². The van der Waals surface area contributed by atoms with Crippen LogP contribution >= 0.6 is 0 Å². The Morgan fingerprint density at radius 2 is 1.85 bits per heavy atom. The van der Waals surface area contributed by atoms with Crippen LogP contribution in [-0.2, 0) is 0 Å². The van der Waals surface area contributed by atoms with Gasteiger partial charge in [-0.2, -0.15) is 9.97 Å². The van der Waals surface area contributed by atoms with Gasteiger partial charge in [-0.15, -0.1) is 6.42 Å². The number of hydrogen-bond acceptors (Lipinski definition) is 6. The highest BCUT2D eigenvalue weighted by atomic mass is 19.1. The number of pyridine rings is 1. The minimum absolute atomic E-state index is 0.0284. The molecule has 8 heteroatoms. The fourth-order valence-corrected chi connectivity index (χ4v) is 4.58. The minimum Gasteiger partial charge on any atom is -0.508 e. The van der Waals surface area contributed by atoms with E-state index in [9.17, 15) is 9.50 Å². The molecule has 0 unspecified atom stereocenters. The smallest absolute Gasteiger partial charge is 0.318 e. The van der Waals surface area contributed by atoms with Crippen LogP contribution < -0.4 is 9.64 Å². The normalized spacial score (nSPS) is 14.2. The summed E-state index contributed by atoms with van der Waals surface area (Å²) >= 11 is 0. The summed E-state index contributed by atoms with van der Waals surface area (Å²) in [6.07, 6.45) is 11.4. The molecule has 0 radical (unpaired) electrons. The maximum absolute atomic E-state index is 16.0. The number of fused-ring (bicyclic) bond motifs is 2. The zero-order chi connectivity index (χ0) is 23.8. The van der Waals surface area contributed by atoms with E-state index in [2.05, 4.69) is 25.8 Å². The third-order valence-electron chi connectivity index (χ3n) is 6.18. The van der Waals surface area contributed by atoms with E-state index < -0.39 is 11.6 Å². The van der Waals surface area contributed by atoms with Crippen molar-refractivity contribution in [3.8, 4) is 35.4 Å². The molecule has 2 aromatic carbocycles. The highest BCUT2D eigenvalue weighted by Crippen LogP contribution is 2.38. The molecule has 1 aliphatic rings. The molecule has 0 spiro atoms. The van der Waals surface area contributed by atoms with Gasteiger partial charge in [-0.3, -0.25) is 4.98 Å². The first-order valence-corrected chi connectivity index (χ1v) is 11.1. The van der Waals surface area contributed by atoms with Gasteiger partial charge in [0.2, 0.25) is 0 Å². The van der Waals surface area contributed by atoms with E-state index in [1.54, 1.807) is 0 Å². The average Bonchev–Trinajstić information content (AvgIpc) is 3.13. The number of ether oxygens (including phenoxy) is 1. The summed E-state index contributed by atoms with van der Waals surface area (Å²) in [4.78, 5) is 15.3. The van der Waals surface area contributed by atoms with Crippen LogP contribution in [0.3, 0.4) is 0 Å². The van der Waals surface area contributed by atoms with Crippen molar-refractivity contribution in [2.75, 3.05) is 25.1 Å². The number of phenols is 1.